The predicted octanol–water partition coefficient (Wildman–Crippen LogP) is 1.03. The quantitative estimate of drug-likeness (QED) is 0.868. The van der Waals surface area contributed by atoms with Crippen LogP contribution >= 0.6 is 0 Å². The highest BCUT2D eigenvalue weighted by molar-refractivity contribution is 5.97. The topological polar surface area (TPSA) is 44.7 Å². The maximum Gasteiger partial charge on any atom is 0.236 e. The first-order chi connectivity index (χ1) is 9.13. The summed E-state index contributed by atoms with van der Waals surface area (Å²) >= 11 is 0. The normalized spacial score (nSPS) is 18.5. The minimum absolute atomic E-state index is 0.0107. The number of piperazine rings is 1. The van der Waals surface area contributed by atoms with Crippen molar-refractivity contribution in [3.05, 3.63) is 29.3 Å². The lowest BCUT2D eigenvalue weighted by Gasteiger charge is -2.27. The third-order valence-corrected chi connectivity index (χ3v) is 3.36. The molecule has 0 spiro atoms. The first-order valence-electron chi connectivity index (χ1n) is 6.16. The number of nitrogens with zero attached hydrogens (tertiary/aromatic N) is 2. The minimum Gasteiger partial charge on any atom is -0.335 e. The van der Waals surface area contributed by atoms with E-state index < -0.39 is 11.6 Å². The molecule has 0 aromatic heterocycles. The number of nitrogens with one attached hydrogen (secondary N) is 1. The van der Waals surface area contributed by atoms with Gasteiger partial charge in [0.05, 0.1) is 18.8 Å². The first kappa shape index (κ1) is 12.2. The Bertz CT molecular complexity index is 571. The third-order valence-electron chi connectivity index (χ3n) is 3.36. The second kappa shape index (κ2) is 4.70. The lowest BCUT2D eigenvalue weighted by atomic mass is 10.1. The Hall–Kier alpha value is -1.82. The summed E-state index contributed by atoms with van der Waals surface area (Å²) in [5.74, 6) is -1.18. The highest BCUT2D eigenvalue weighted by atomic mass is 19.1. The van der Waals surface area contributed by atoms with Gasteiger partial charge >= 0.3 is 0 Å². The molecule has 19 heavy (non-hydrogen) atoms. The number of carbonyl (C=O) groups is 1. The van der Waals surface area contributed by atoms with Gasteiger partial charge in [-0.3, -0.25) is 9.79 Å². The van der Waals surface area contributed by atoms with E-state index in [1.165, 1.54) is 6.07 Å². The average Bonchev–Trinajstić information content (AvgIpc) is 2.75. The van der Waals surface area contributed by atoms with Gasteiger partial charge in [-0.2, -0.15) is 0 Å². The first-order valence-corrected chi connectivity index (χ1v) is 6.16. The van der Waals surface area contributed by atoms with Crippen molar-refractivity contribution in [2.45, 2.75) is 6.42 Å². The summed E-state index contributed by atoms with van der Waals surface area (Å²) < 4.78 is 26.7. The van der Waals surface area contributed by atoms with Crippen LogP contribution in [-0.2, 0) is 11.2 Å². The van der Waals surface area contributed by atoms with Crippen LogP contribution in [0.3, 0.4) is 0 Å². The Kier molecular flexibility index (Phi) is 3.02. The second-order valence-corrected chi connectivity index (χ2v) is 4.73. The summed E-state index contributed by atoms with van der Waals surface area (Å²) in [5, 5.41) is 2.98. The van der Waals surface area contributed by atoms with Crippen LogP contribution in [0.4, 0.5) is 14.5 Å². The monoisotopic (exact) mass is 265 g/mol. The van der Waals surface area contributed by atoms with Gasteiger partial charge in [0.25, 0.3) is 0 Å². The average molecular weight is 265 g/mol. The van der Waals surface area contributed by atoms with Gasteiger partial charge in [-0.15, -0.1) is 0 Å². The highest BCUT2D eigenvalue weighted by Crippen LogP contribution is 2.30. The molecule has 3 rings (SSSR count). The summed E-state index contributed by atoms with van der Waals surface area (Å²) in [7, 11) is 0. The number of hydrogen-bond acceptors (Lipinski definition) is 3. The molecule has 4 nitrogen and oxygen atoms in total. The molecular formula is C13H13F2N3O. The summed E-state index contributed by atoms with van der Waals surface area (Å²) in [6, 6.07) is 2.10. The van der Waals surface area contributed by atoms with Crippen LogP contribution in [-0.4, -0.2) is 42.7 Å². The third kappa shape index (κ3) is 2.35. The van der Waals surface area contributed by atoms with Crippen LogP contribution in [0.2, 0.25) is 0 Å². The van der Waals surface area contributed by atoms with Crippen molar-refractivity contribution in [1.82, 2.24) is 10.2 Å². The fraction of sp³-hybridized carbons (Fsp3) is 0.385. The molecule has 100 valence electrons. The van der Waals surface area contributed by atoms with Crippen molar-refractivity contribution in [2.75, 3.05) is 26.2 Å². The molecule has 6 heteroatoms. The zero-order chi connectivity index (χ0) is 13.4. The fourth-order valence-electron chi connectivity index (χ4n) is 2.40. The molecular weight excluding hydrogens is 252 g/mol. The zero-order valence-corrected chi connectivity index (χ0v) is 10.2. The molecule has 0 aliphatic carbocycles. The van der Waals surface area contributed by atoms with Crippen LogP contribution in [0.15, 0.2) is 17.1 Å². The molecule has 0 atom stereocenters. The maximum absolute atomic E-state index is 13.6. The molecule has 0 radical (unpaired) electrons. The Morgan fingerprint density at radius 1 is 1.37 bits per heavy atom. The van der Waals surface area contributed by atoms with Crippen molar-refractivity contribution in [2.24, 2.45) is 4.99 Å². The van der Waals surface area contributed by atoms with Crippen molar-refractivity contribution >= 4 is 17.3 Å². The Labute approximate surface area is 109 Å². The molecule has 1 aromatic rings. The Balaban J connectivity index is 1.77. The molecule has 0 saturated carbocycles. The van der Waals surface area contributed by atoms with Crippen LogP contribution in [0.25, 0.3) is 0 Å². The van der Waals surface area contributed by atoms with E-state index in [0.717, 1.165) is 12.6 Å². The Morgan fingerprint density at radius 3 is 3.00 bits per heavy atom. The van der Waals surface area contributed by atoms with E-state index >= 15 is 0 Å². The van der Waals surface area contributed by atoms with Crippen LogP contribution in [0, 0.1) is 11.6 Å². The second-order valence-electron chi connectivity index (χ2n) is 4.73. The van der Waals surface area contributed by atoms with Crippen LogP contribution < -0.4 is 5.32 Å². The molecule has 1 N–H and O–H groups in total. The molecule has 2 heterocycles. The van der Waals surface area contributed by atoms with Crippen LogP contribution in [0.1, 0.15) is 5.56 Å². The molecule has 1 aromatic carbocycles. The summed E-state index contributed by atoms with van der Waals surface area (Å²) in [4.78, 5) is 17.6. The molecule has 1 amide bonds. The van der Waals surface area contributed by atoms with E-state index in [1.54, 1.807) is 4.90 Å². The summed E-state index contributed by atoms with van der Waals surface area (Å²) in [6.45, 7) is 2.07. The minimum atomic E-state index is -0.625. The van der Waals surface area contributed by atoms with Gasteiger partial charge in [-0.25, -0.2) is 8.78 Å². The molecule has 2 aliphatic heterocycles. The van der Waals surface area contributed by atoms with Crippen molar-refractivity contribution in [1.29, 1.82) is 0 Å². The lowest BCUT2D eigenvalue weighted by molar-refractivity contribution is -0.131. The maximum atomic E-state index is 13.6. The summed E-state index contributed by atoms with van der Waals surface area (Å²) in [6.07, 6.45) is 0.346. The SMILES string of the molecule is O=C1CNCCN1CC1=Nc2cc(F)cc(F)c2C1. The number of fused-ring (bicyclic) bond motifs is 1. The van der Waals surface area contributed by atoms with E-state index in [0.29, 0.717) is 43.0 Å². The molecule has 1 saturated heterocycles. The van der Waals surface area contributed by atoms with E-state index in [4.69, 9.17) is 0 Å². The van der Waals surface area contributed by atoms with Gasteiger partial charge in [0.15, 0.2) is 0 Å². The summed E-state index contributed by atoms with van der Waals surface area (Å²) in [5.41, 5.74) is 1.46. The lowest BCUT2D eigenvalue weighted by Crippen LogP contribution is -2.49. The van der Waals surface area contributed by atoms with Crippen molar-refractivity contribution in [3.63, 3.8) is 0 Å². The smallest absolute Gasteiger partial charge is 0.236 e. The molecule has 2 aliphatic rings. The number of benzene rings is 1. The van der Waals surface area contributed by atoms with Crippen molar-refractivity contribution in [3.8, 4) is 0 Å². The number of carbonyl (C=O) groups excluding carboxylic acids is 1. The number of hydrogen-bond donors (Lipinski definition) is 1. The predicted molar refractivity (Wildman–Crippen MR) is 66.6 cm³/mol. The van der Waals surface area contributed by atoms with E-state index in [-0.39, 0.29) is 5.91 Å². The number of halogens is 2. The van der Waals surface area contributed by atoms with Gasteiger partial charge in [-0.1, -0.05) is 0 Å². The Morgan fingerprint density at radius 2 is 2.21 bits per heavy atom. The highest BCUT2D eigenvalue weighted by Gasteiger charge is 2.24. The van der Waals surface area contributed by atoms with Gasteiger partial charge in [-0.05, 0) is 6.07 Å². The standard InChI is InChI=1S/C13H13F2N3O/c14-8-3-11(15)10-5-9(17-12(10)4-8)7-18-2-1-16-6-13(18)19/h3-4,16H,1-2,5-7H2. The number of rotatable bonds is 2. The number of amides is 1. The van der Waals surface area contributed by atoms with E-state index in [1.807, 2.05) is 0 Å². The van der Waals surface area contributed by atoms with E-state index in [2.05, 4.69) is 10.3 Å². The van der Waals surface area contributed by atoms with Gasteiger partial charge in [0.2, 0.25) is 5.91 Å². The molecule has 1 fully saturated rings. The zero-order valence-electron chi connectivity index (χ0n) is 10.2. The van der Waals surface area contributed by atoms with E-state index in [9.17, 15) is 13.6 Å². The van der Waals surface area contributed by atoms with Gasteiger partial charge < -0.3 is 10.2 Å². The largest absolute Gasteiger partial charge is 0.335 e. The van der Waals surface area contributed by atoms with Crippen LogP contribution in [0.5, 0.6) is 0 Å². The van der Waals surface area contributed by atoms with Gasteiger partial charge in [0.1, 0.15) is 11.6 Å². The van der Waals surface area contributed by atoms with Gasteiger partial charge in [0, 0.05) is 36.9 Å². The molecule has 0 unspecified atom stereocenters. The fourth-order valence-corrected chi connectivity index (χ4v) is 2.40. The van der Waals surface area contributed by atoms with Crippen molar-refractivity contribution < 1.29 is 13.6 Å². The number of aliphatic imine (C=N–C) groups is 1. The molecule has 0 bridgehead atoms.